The van der Waals surface area contributed by atoms with Gasteiger partial charge in [0.25, 0.3) is 0 Å². The topological polar surface area (TPSA) is 82.0 Å². The summed E-state index contributed by atoms with van der Waals surface area (Å²) in [5.41, 5.74) is 1.82. The molecule has 1 fully saturated rings. The lowest BCUT2D eigenvalue weighted by molar-refractivity contribution is 0.178. The van der Waals surface area contributed by atoms with Crippen LogP contribution in [0.3, 0.4) is 0 Å². The van der Waals surface area contributed by atoms with E-state index in [-0.39, 0.29) is 29.5 Å². The van der Waals surface area contributed by atoms with Crippen LogP contribution < -0.4 is 10.1 Å². The van der Waals surface area contributed by atoms with E-state index in [9.17, 15) is 15.0 Å². The van der Waals surface area contributed by atoms with E-state index in [1.165, 1.54) is 6.07 Å². The number of rotatable bonds is 4. The van der Waals surface area contributed by atoms with Gasteiger partial charge in [-0.25, -0.2) is 4.79 Å². The number of ether oxygens (including phenoxy) is 1. The first kappa shape index (κ1) is 18.9. The lowest BCUT2D eigenvalue weighted by atomic mass is 9.89. The zero-order valence-corrected chi connectivity index (χ0v) is 15.7. The maximum atomic E-state index is 12.6. The second-order valence-corrected chi connectivity index (χ2v) is 6.95. The molecule has 1 heterocycles. The number of nitrogens with zero attached hydrogens (tertiary/aromatic N) is 1. The van der Waals surface area contributed by atoms with Crippen molar-refractivity contribution in [2.45, 2.75) is 31.7 Å². The SMILES string of the molecule is COc1cccc([C@H](C)NC(=O)N2CCC(c3ccc(O)cc3O)CC2)c1. The number of aromatic hydroxyl groups is 2. The third-order valence-corrected chi connectivity index (χ3v) is 5.17. The third kappa shape index (κ3) is 4.45. The number of phenolic OH excluding ortho intramolecular Hbond substituents is 2. The van der Waals surface area contributed by atoms with Gasteiger partial charge in [-0.05, 0) is 55.0 Å². The number of benzene rings is 2. The Balaban J connectivity index is 1.56. The number of methoxy groups -OCH3 is 1. The van der Waals surface area contributed by atoms with Gasteiger partial charge in [0.2, 0.25) is 0 Å². The molecule has 0 spiro atoms. The molecule has 3 N–H and O–H groups in total. The predicted octanol–water partition coefficient (Wildman–Crippen LogP) is 3.76. The number of urea groups is 1. The summed E-state index contributed by atoms with van der Waals surface area (Å²) in [6, 6.07) is 12.2. The van der Waals surface area contributed by atoms with Crippen LogP contribution in [-0.2, 0) is 0 Å². The van der Waals surface area contributed by atoms with Crippen molar-refractivity contribution in [3.05, 3.63) is 53.6 Å². The molecule has 2 aromatic carbocycles. The summed E-state index contributed by atoms with van der Waals surface area (Å²) in [5, 5.41) is 22.5. The summed E-state index contributed by atoms with van der Waals surface area (Å²) < 4.78 is 5.24. The number of carbonyl (C=O) groups excluding carboxylic acids is 1. The molecule has 0 bridgehead atoms. The van der Waals surface area contributed by atoms with E-state index >= 15 is 0 Å². The highest BCUT2D eigenvalue weighted by Crippen LogP contribution is 2.35. The minimum atomic E-state index is -0.119. The number of hydrogen-bond donors (Lipinski definition) is 3. The van der Waals surface area contributed by atoms with Crippen molar-refractivity contribution < 1.29 is 19.7 Å². The predicted molar refractivity (Wildman–Crippen MR) is 103 cm³/mol. The normalized spacial score (nSPS) is 16.0. The fourth-order valence-corrected chi connectivity index (χ4v) is 3.54. The molecule has 2 aromatic rings. The number of piperidine rings is 1. The Hall–Kier alpha value is -2.89. The summed E-state index contributed by atoms with van der Waals surface area (Å²) in [6.45, 7) is 3.21. The van der Waals surface area contributed by atoms with E-state index in [1.807, 2.05) is 36.1 Å². The van der Waals surface area contributed by atoms with Gasteiger partial charge in [-0.15, -0.1) is 0 Å². The first-order valence-electron chi connectivity index (χ1n) is 9.19. The standard InChI is InChI=1S/C21H26N2O4/c1-14(16-4-3-5-18(12-16)27-2)22-21(26)23-10-8-15(9-11-23)19-7-6-17(24)13-20(19)25/h3-7,12-15,24-25H,8-11H2,1-2H3,(H,22,26)/t14-/m0/s1. The number of nitrogens with one attached hydrogen (secondary N) is 1. The summed E-state index contributed by atoms with van der Waals surface area (Å²) in [5.74, 6) is 1.12. The monoisotopic (exact) mass is 370 g/mol. The molecular formula is C21H26N2O4. The molecule has 1 atom stereocenters. The van der Waals surface area contributed by atoms with Crippen molar-refractivity contribution >= 4 is 6.03 Å². The molecule has 2 amide bonds. The van der Waals surface area contributed by atoms with Crippen LogP contribution in [0.5, 0.6) is 17.2 Å². The van der Waals surface area contributed by atoms with Gasteiger partial charge >= 0.3 is 6.03 Å². The largest absolute Gasteiger partial charge is 0.508 e. The van der Waals surface area contributed by atoms with Crippen LogP contribution in [0.2, 0.25) is 0 Å². The Labute approximate surface area is 159 Å². The van der Waals surface area contributed by atoms with Gasteiger partial charge in [-0.1, -0.05) is 18.2 Å². The maximum Gasteiger partial charge on any atom is 0.317 e. The molecule has 27 heavy (non-hydrogen) atoms. The van der Waals surface area contributed by atoms with Gasteiger partial charge in [0.1, 0.15) is 17.2 Å². The van der Waals surface area contributed by atoms with Crippen molar-refractivity contribution in [1.82, 2.24) is 10.2 Å². The molecular weight excluding hydrogens is 344 g/mol. The Bertz CT molecular complexity index is 801. The summed E-state index contributed by atoms with van der Waals surface area (Å²) in [4.78, 5) is 14.4. The summed E-state index contributed by atoms with van der Waals surface area (Å²) in [6.07, 6.45) is 1.55. The Morgan fingerprint density at radius 3 is 2.59 bits per heavy atom. The lowest BCUT2D eigenvalue weighted by Crippen LogP contribution is -2.44. The fourth-order valence-electron chi connectivity index (χ4n) is 3.54. The van der Waals surface area contributed by atoms with Crippen LogP contribution in [0.4, 0.5) is 4.79 Å². The molecule has 1 aliphatic rings. The van der Waals surface area contributed by atoms with Crippen LogP contribution in [0.15, 0.2) is 42.5 Å². The molecule has 0 saturated carbocycles. The zero-order valence-electron chi connectivity index (χ0n) is 15.7. The summed E-state index contributed by atoms with van der Waals surface area (Å²) in [7, 11) is 1.62. The van der Waals surface area contributed by atoms with E-state index in [4.69, 9.17) is 4.74 Å². The number of phenols is 2. The molecule has 1 aliphatic heterocycles. The van der Waals surface area contributed by atoms with Gasteiger partial charge in [0, 0.05) is 19.2 Å². The van der Waals surface area contributed by atoms with Crippen molar-refractivity contribution in [3.63, 3.8) is 0 Å². The zero-order chi connectivity index (χ0) is 19.4. The smallest absolute Gasteiger partial charge is 0.317 e. The minimum Gasteiger partial charge on any atom is -0.508 e. The van der Waals surface area contributed by atoms with E-state index < -0.39 is 0 Å². The average molecular weight is 370 g/mol. The van der Waals surface area contributed by atoms with Gasteiger partial charge in [-0.2, -0.15) is 0 Å². The second-order valence-electron chi connectivity index (χ2n) is 6.95. The van der Waals surface area contributed by atoms with Crippen LogP contribution in [-0.4, -0.2) is 41.3 Å². The number of hydrogen-bond acceptors (Lipinski definition) is 4. The Kier molecular flexibility index (Phi) is 5.74. The molecule has 144 valence electrons. The molecule has 0 aromatic heterocycles. The first-order chi connectivity index (χ1) is 13.0. The van der Waals surface area contributed by atoms with Gasteiger partial charge in [-0.3, -0.25) is 0 Å². The van der Waals surface area contributed by atoms with Crippen LogP contribution in [0, 0.1) is 0 Å². The maximum absolute atomic E-state index is 12.6. The van der Waals surface area contributed by atoms with Crippen LogP contribution in [0.25, 0.3) is 0 Å². The second kappa shape index (κ2) is 8.20. The van der Waals surface area contributed by atoms with Gasteiger partial charge in [0.15, 0.2) is 0 Å². The number of likely N-dealkylation sites (tertiary alicyclic amines) is 1. The van der Waals surface area contributed by atoms with Crippen molar-refractivity contribution in [1.29, 1.82) is 0 Å². The van der Waals surface area contributed by atoms with Crippen molar-refractivity contribution in [3.8, 4) is 17.2 Å². The average Bonchev–Trinajstić information content (AvgIpc) is 2.68. The van der Waals surface area contributed by atoms with Crippen LogP contribution in [0.1, 0.15) is 42.9 Å². The molecule has 1 saturated heterocycles. The van der Waals surface area contributed by atoms with Crippen molar-refractivity contribution in [2.75, 3.05) is 20.2 Å². The first-order valence-corrected chi connectivity index (χ1v) is 9.19. The third-order valence-electron chi connectivity index (χ3n) is 5.17. The van der Waals surface area contributed by atoms with E-state index in [0.717, 1.165) is 29.7 Å². The highest BCUT2D eigenvalue weighted by Gasteiger charge is 2.26. The molecule has 0 unspecified atom stereocenters. The van der Waals surface area contributed by atoms with E-state index in [0.29, 0.717) is 13.1 Å². The van der Waals surface area contributed by atoms with Crippen LogP contribution >= 0.6 is 0 Å². The summed E-state index contributed by atoms with van der Waals surface area (Å²) >= 11 is 0. The van der Waals surface area contributed by atoms with E-state index in [2.05, 4.69) is 5.32 Å². The quantitative estimate of drug-likeness (QED) is 0.765. The molecule has 6 nitrogen and oxygen atoms in total. The molecule has 6 heteroatoms. The van der Waals surface area contributed by atoms with E-state index in [1.54, 1.807) is 19.2 Å². The highest BCUT2D eigenvalue weighted by molar-refractivity contribution is 5.74. The Morgan fingerprint density at radius 2 is 1.93 bits per heavy atom. The van der Waals surface area contributed by atoms with Crippen molar-refractivity contribution in [2.24, 2.45) is 0 Å². The molecule has 0 aliphatic carbocycles. The van der Waals surface area contributed by atoms with Gasteiger partial charge in [0.05, 0.1) is 13.2 Å². The highest BCUT2D eigenvalue weighted by atomic mass is 16.5. The lowest BCUT2D eigenvalue weighted by Gasteiger charge is -2.33. The Morgan fingerprint density at radius 1 is 1.19 bits per heavy atom. The number of carbonyl (C=O) groups is 1. The molecule has 3 rings (SSSR count). The van der Waals surface area contributed by atoms with Gasteiger partial charge < -0.3 is 25.2 Å². The minimum absolute atomic E-state index is 0.0552. The molecule has 0 radical (unpaired) electrons. The number of amides is 2. The fraction of sp³-hybridized carbons (Fsp3) is 0.381.